The van der Waals surface area contributed by atoms with Gasteiger partial charge in [0.1, 0.15) is 16.5 Å². The number of benzene rings is 3. The summed E-state index contributed by atoms with van der Waals surface area (Å²) in [5, 5.41) is 12.3. The minimum Gasteiger partial charge on any atom is -0.490 e. The summed E-state index contributed by atoms with van der Waals surface area (Å²) in [5.74, 6) is -0.351. The van der Waals surface area contributed by atoms with Gasteiger partial charge in [-0.3, -0.25) is 4.79 Å². The van der Waals surface area contributed by atoms with Crippen LogP contribution in [-0.4, -0.2) is 20.9 Å². The normalized spacial score (nSPS) is 11.5. The molecular weight excluding hydrogens is 694 g/mol. The Morgan fingerprint density at radius 3 is 2.40 bits per heavy atom. The van der Waals surface area contributed by atoms with Crippen molar-refractivity contribution in [1.29, 1.82) is 5.26 Å². The molecular formula is C25H20I2N2O5S. The van der Waals surface area contributed by atoms with Crippen LogP contribution in [0.4, 0.5) is 5.69 Å². The fourth-order valence-corrected chi connectivity index (χ4v) is 5.31. The second-order valence-electron chi connectivity index (χ2n) is 7.22. The number of para-hydroxylation sites is 1. The lowest BCUT2D eigenvalue weighted by Crippen LogP contribution is -2.14. The van der Waals surface area contributed by atoms with Crippen molar-refractivity contribution in [2.45, 2.75) is 18.7 Å². The van der Waals surface area contributed by atoms with Crippen LogP contribution in [-0.2, 0) is 14.9 Å². The number of nitriles is 1. The number of rotatable bonds is 8. The molecule has 0 bridgehead atoms. The maximum atomic E-state index is 12.8. The second-order valence-corrected chi connectivity index (χ2v) is 11.1. The van der Waals surface area contributed by atoms with Crippen molar-refractivity contribution in [2.24, 2.45) is 0 Å². The lowest BCUT2D eigenvalue weighted by Gasteiger charge is -2.15. The molecule has 0 atom stereocenters. The van der Waals surface area contributed by atoms with Crippen molar-refractivity contribution in [1.82, 2.24) is 0 Å². The van der Waals surface area contributed by atoms with Crippen LogP contribution in [0.15, 0.2) is 71.1 Å². The standard InChI is InChI=1S/C25H20I2N2O5S/c1-3-33-23-14-17(12-18(15-28)25(30)29-22-7-5-4-6-20(22)26)13-21(27)24(23)34-35(31,32)19-10-8-16(2)9-11-19/h4-14H,3H2,1-2H3,(H,29,30)/b18-12-. The predicted octanol–water partition coefficient (Wildman–Crippen LogP) is 5.92. The molecule has 180 valence electrons. The van der Waals surface area contributed by atoms with Crippen LogP contribution in [0.5, 0.6) is 11.5 Å². The molecule has 0 fully saturated rings. The smallest absolute Gasteiger partial charge is 0.339 e. The molecule has 3 aromatic carbocycles. The van der Waals surface area contributed by atoms with Crippen LogP contribution in [0.1, 0.15) is 18.1 Å². The molecule has 1 N–H and O–H groups in total. The fraction of sp³-hybridized carbons (Fsp3) is 0.120. The van der Waals surface area contributed by atoms with E-state index in [1.807, 2.05) is 47.7 Å². The van der Waals surface area contributed by atoms with Crippen molar-refractivity contribution in [2.75, 3.05) is 11.9 Å². The van der Waals surface area contributed by atoms with Gasteiger partial charge in [0.15, 0.2) is 11.5 Å². The molecule has 7 nitrogen and oxygen atoms in total. The largest absolute Gasteiger partial charge is 0.490 e. The predicted molar refractivity (Wildman–Crippen MR) is 151 cm³/mol. The van der Waals surface area contributed by atoms with E-state index in [2.05, 4.69) is 27.9 Å². The maximum absolute atomic E-state index is 12.8. The highest BCUT2D eigenvalue weighted by atomic mass is 127. The van der Waals surface area contributed by atoms with Gasteiger partial charge in [-0.25, -0.2) is 0 Å². The van der Waals surface area contributed by atoms with E-state index < -0.39 is 16.0 Å². The van der Waals surface area contributed by atoms with Crippen LogP contribution in [0, 0.1) is 25.4 Å². The van der Waals surface area contributed by atoms with E-state index in [0.29, 0.717) is 14.8 Å². The monoisotopic (exact) mass is 714 g/mol. The number of nitrogens with zero attached hydrogens (tertiary/aromatic N) is 1. The van der Waals surface area contributed by atoms with Crippen LogP contribution >= 0.6 is 45.2 Å². The lowest BCUT2D eigenvalue weighted by molar-refractivity contribution is -0.112. The first kappa shape index (κ1) is 27.0. The van der Waals surface area contributed by atoms with Gasteiger partial charge in [0.25, 0.3) is 5.91 Å². The maximum Gasteiger partial charge on any atom is 0.339 e. The number of ether oxygens (including phenoxy) is 1. The molecule has 0 heterocycles. The molecule has 0 aliphatic heterocycles. The molecule has 10 heteroatoms. The third-order valence-electron chi connectivity index (χ3n) is 4.63. The van der Waals surface area contributed by atoms with Crippen molar-refractivity contribution in [3.8, 4) is 17.6 Å². The zero-order valence-electron chi connectivity index (χ0n) is 18.7. The molecule has 0 saturated heterocycles. The highest BCUT2D eigenvalue weighted by Crippen LogP contribution is 2.37. The Bertz CT molecular complexity index is 1430. The first-order chi connectivity index (χ1) is 16.6. The summed E-state index contributed by atoms with van der Waals surface area (Å²) in [6, 6.07) is 18.6. The number of anilines is 1. The number of amides is 1. The topological polar surface area (TPSA) is 105 Å². The summed E-state index contributed by atoms with van der Waals surface area (Å²) in [7, 11) is -4.10. The summed E-state index contributed by atoms with van der Waals surface area (Å²) < 4.78 is 38.0. The Kier molecular flexibility index (Phi) is 9.15. The van der Waals surface area contributed by atoms with Gasteiger partial charge in [-0.15, -0.1) is 0 Å². The lowest BCUT2D eigenvalue weighted by atomic mass is 10.1. The van der Waals surface area contributed by atoms with Gasteiger partial charge >= 0.3 is 10.1 Å². The van der Waals surface area contributed by atoms with Gasteiger partial charge in [-0.2, -0.15) is 13.7 Å². The molecule has 0 saturated carbocycles. The molecule has 0 aliphatic rings. The SMILES string of the molecule is CCOc1cc(/C=C(/C#N)C(=O)Nc2ccccc2I)cc(I)c1OS(=O)(=O)c1ccc(C)cc1. The van der Waals surface area contributed by atoms with E-state index in [-0.39, 0.29) is 28.6 Å². The van der Waals surface area contributed by atoms with Gasteiger partial charge in [0, 0.05) is 3.57 Å². The third kappa shape index (κ3) is 6.96. The minimum atomic E-state index is -4.10. The summed E-state index contributed by atoms with van der Waals surface area (Å²) in [4.78, 5) is 12.7. The number of nitrogens with one attached hydrogen (secondary N) is 1. The van der Waals surface area contributed by atoms with E-state index in [4.69, 9.17) is 8.92 Å². The molecule has 0 aliphatic carbocycles. The highest BCUT2D eigenvalue weighted by molar-refractivity contribution is 14.1. The summed E-state index contributed by atoms with van der Waals surface area (Å²) in [6.45, 7) is 3.86. The summed E-state index contributed by atoms with van der Waals surface area (Å²) >= 11 is 4.02. The third-order valence-corrected chi connectivity index (χ3v) is 7.61. The van der Waals surface area contributed by atoms with Crippen molar-refractivity contribution in [3.63, 3.8) is 0 Å². The van der Waals surface area contributed by atoms with Gasteiger partial charge in [0.05, 0.1) is 15.9 Å². The molecule has 0 spiro atoms. The number of hydrogen-bond acceptors (Lipinski definition) is 6. The summed E-state index contributed by atoms with van der Waals surface area (Å²) in [6.07, 6.45) is 1.41. The number of aryl methyl sites for hydroxylation is 1. The van der Waals surface area contributed by atoms with Crippen LogP contribution < -0.4 is 14.2 Å². The zero-order valence-corrected chi connectivity index (χ0v) is 23.8. The number of carbonyl (C=O) groups is 1. The van der Waals surface area contributed by atoms with Crippen LogP contribution in [0.3, 0.4) is 0 Å². The molecule has 0 radical (unpaired) electrons. The van der Waals surface area contributed by atoms with E-state index in [0.717, 1.165) is 9.13 Å². The Balaban J connectivity index is 1.95. The molecule has 0 unspecified atom stereocenters. The van der Waals surface area contributed by atoms with Gasteiger partial charge < -0.3 is 14.2 Å². The molecule has 3 rings (SSSR count). The van der Waals surface area contributed by atoms with E-state index in [1.165, 1.54) is 24.3 Å². The summed E-state index contributed by atoms with van der Waals surface area (Å²) in [5.41, 5.74) is 1.87. The Hall–Kier alpha value is -2.63. The van der Waals surface area contributed by atoms with Gasteiger partial charge in [0.2, 0.25) is 0 Å². The number of carbonyl (C=O) groups excluding carboxylic acids is 1. The van der Waals surface area contributed by atoms with E-state index in [1.54, 1.807) is 37.3 Å². The number of hydrogen-bond donors (Lipinski definition) is 1. The van der Waals surface area contributed by atoms with Crippen molar-refractivity contribution >= 4 is 73.0 Å². The Morgan fingerprint density at radius 2 is 1.77 bits per heavy atom. The number of halogens is 2. The first-order valence-corrected chi connectivity index (χ1v) is 13.9. The highest BCUT2D eigenvalue weighted by Gasteiger charge is 2.22. The minimum absolute atomic E-state index is 0.0179. The Morgan fingerprint density at radius 1 is 1.09 bits per heavy atom. The second kappa shape index (κ2) is 11.9. The molecule has 35 heavy (non-hydrogen) atoms. The Labute approximate surface area is 231 Å². The van der Waals surface area contributed by atoms with E-state index >= 15 is 0 Å². The van der Waals surface area contributed by atoms with Gasteiger partial charge in [-0.1, -0.05) is 29.8 Å². The molecule has 0 aromatic heterocycles. The van der Waals surface area contributed by atoms with Crippen molar-refractivity contribution < 1.29 is 22.1 Å². The molecule has 1 amide bonds. The average Bonchev–Trinajstić information content (AvgIpc) is 2.81. The van der Waals surface area contributed by atoms with Crippen molar-refractivity contribution in [3.05, 3.63) is 84.5 Å². The molecule has 3 aromatic rings. The van der Waals surface area contributed by atoms with Gasteiger partial charge in [-0.05, 0) is 107 Å². The zero-order chi connectivity index (χ0) is 25.6. The first-order valence-electron chi connectivity index (χ1n) is 10.3. The average molecular weight is 714 g/mol. The fourth-order valence-electron chi connectivity index (χ4n) is 2.95. The van der Waals surface area contributed by atoms with Crippen LogP contribution in [0.2, 0.25) is 0 Å². The van der Waals surface area contributed by atoms with E-state index in [9.17, 15) is 18.5 Å². The van der Waals surface area contributed by atoms with Crippen LogP contribution in [0.25, 0.3) is 6.08 Å². The quantitative estimate of drug-likeness (QED) is 0.135.